The molecule has 3 rings (SSSR count). The van der Waals surface area contributed by atoms with Gasteiger partial charge >= 0.3 is 5.69 Å². The Morgan fingerprint density at radius 1 is 1.32 bits per heavy atom. The van der Waals surface area contributed by atoms with Crippen molar-refractivity contribution in [2.75, 3.05) is 0 Å². The summed E-state index contributed by atoms with van der Waals surface area (Å²) in [4.78, 5) is 32.7. The molecule has 0 radical (unpaired) electrons. The molecule has 0 atom stereocenters. The van der Waals surface area contributed by atoms with Gasteiger partial charge in [0.15, 0.2) is 0 Å². The maximum absolute atomic E-state index is 12.3. The first kappa shape index (κ1) is 11.6. The minimum absolute atomic E-state index is 0.180. The summed E-state index contributed by atoms with van der Waals surface area (Å²) in [5.74, 6) is 0.465. The number of hydrogen-bond donors (Lipinski definition) is 0. The van der Waals surface area contributed by atoms with Gasteiger partial charge in [-0.15, -0.1) is 0 Å². The summed E-state index contributed by atoms with van der Waals surface area (Å²) in [6.45, 7) is 0.180. The molecule has 6 heteroatoms. The third-order valence-corrected chi connectivity index (χ3v) is 3.16. The van der Waals surface area contributed by atoms with Crippen molar-refractivity contribution < 1.29 is 0 Å². The SMILES string of the molecule is Cn1c2c(c(=O)n(Cc3ccccn3)c1=O)CC=N2. The van der Waals surface area contributed by atoms with Crippen LogP contribution in [0.25, 0.3) is 0 Å². The van der Waals surface area contributed by atoms with Crippen molar-refractivity contribution in [1.29, 1.82) is 0 Å². The molecule has 19 heavy (non-hydrogen) atoms. The van der Waals surface area contributed by atoms with Crippen molar-refractivity contribution >= 4 is 12.0 Å². The second-order valence-corrected chi connectivity index (χ2v) is 4.37. The van der Waals surface area contributed by atoms with E-state index in [1.165, 1.54) is 9.13 Å². The lowest BCUT2D eigenvalue weighted by atomic mass is 10.2. The molecule has 0 aromatic carbocycles. The summed E-state index contributed by atoms with van der Waals surface area (Å²) in [7, 11) is 1.62. The first-order valence-electron chi connectivity index (χ1n) is 5.93. The predicted octanol–water partition coefficient (Wildman–Crippen LogP) is 0.249. The van der Waals surface area contributed by atoms with Gasteiger partial charge in [-0.25, -0.2) is 9.79 Å². The van der Waals surface area contributed by atoms with Crippen LogP contribution in [-0.2, 0) is 20.0 Å². The molecule has 0 N–H and O–H groups in total. The number of rotatable bonds is 2. The maximum Gasteiger partial charge on any atom is 0.332 e. The molecular weight excluding hydrogens is 244 g/mol. The highest BCUT2D eigenvalue weighted by atomic mass is 16.2. The van der Waals surface area contributed by atoms with Crippen LogP contribution in [0.5, 0.6) is 0 Å². The number of fused-ring (bicyclic) bond motifs is 1. The minimum atomic E-state index is -0.367. The van der Waals surface area contributed by atoms with E-state index in [-0.39, 0.29) is 17.8 Å². The van der Waals surface area contributed by atoms with E-state index in [1.54, 1.807) is 31.6 Å². The summed E-state index contributed by atoms with van der Waals surface area (Å²) >= 11 is 0. The van der Waals surface area contributed by atoms with Crippen LogP contribution < -0.4 is 11.2 Å². The molecular formula is C13H12N4O2. The Labute approximate surface area is 108 Å². The highest BCUT2D eigenvalue weighted by Gasteiger charge is 2.19. The monoisotopic (exact) mass is 256 g/mol. The molecule has 0 unspecified atom stereocenters. The van der Waals surface area contributed by atoms with Gasteiger partial charge in [0, 0.05) is 25.9 Å². The van der Waals surface area contributed by atoms with E-state index in [0.29, 0.717) is 23.5 Å². The van der Waals surface area contributed by atoms with Crippen LogP contribution in [0.2, 0.25) is 0 Å². The van der Waals surface area contributed by atoms with Gasteiger partial charge in [-0.05, 0) is 12.1 Å². The molecule has 0 amide bonds. The molecule has 0 saturated carbocycles. The Morgan fingerprint density at radius 2 is 2.16 bits per heavy atom. The first-order chi connectivity index (χ1) is 9.18. The molecule has 0 saturated heterocycles. The van der Waals surface area contributed by atoms with Crippen molar-refractivity contribution in [3.8, 4) is 0 Å². The normalized spacial score (nSPS) is 12.7. The molecule has 2 aromatic rings. The summed E-state index contributed by atoms with van der Waals surface area (Å²) in [6, 6.07) is 5.41. The van der Waals surface area contributed by atoms with Crippen LogP contribution in [-0.4, -0.2) is 20.3 Å². The van der Waals surface area contributed by atoms with Crippen LogP contribution in [0.4, 0.5) is 5.82 Å². The van der Waals surface area contributed by atoms with Crippen molar-refractivity contribution in [3.63, 3.8) is 0 Å². The second-order valence-electron chi connectivity index (χ2n) is 4.37. The van der Waals surface area contributed by atoms with E-state index >= 15 is 0 Å². The number of aliphatic imine (C=N–C) groups is 1. The van der Waals surface area contributed by atoms with Crippen molar-refractivity contribution in [2.45, 2.75) is 13.0 Å². The molecule has 96 valence electrons. The highest BCUT2D eigenvalue weighted by Crippen LogP contribution is 2.17. The van der Waals surface area contributed by atoms with Crippen LogP contribution in [0.1, 0.15) is 11.3 Å². The van der Waals surface area contributed by atoms with E-state index in [4.69, 9.17) is 0 Å². The molecule has 3 heterocycles. The summed E-state index contributed by atoms with van der Waals surface area (Å²) < 4.78 is 2.61. The third-order valence-electron chi connectivity index (χ3n) is 3.16. The fraction of sp³-hybridized carbons (Fsp3) is 0.231. The van der Waals surface area contributed by atoms with Gasteiger partial charge in [-0.3, -0.25) is 18.9 Å². The van der Waals surface area contributed by atoms with Crippen molar-refractivity contribution in [3.05, 3.63) is 56.5 Å². The first-order valence-corrected chi connectivity index (χ1v) is 5.93. The molecule has 0 spiro atoms. The number of nitrogens with zero attached hydrogens (tertiary/aromatic N) is 4. The lowest BCUT2D eigenvalue weighted by Crippen LogP contribution is -2.40. The molecule has 1 aliphatic heterocycles. The molecule has 6 nitrogen and oxygen atoms in total. The van der Waals surface area contributed by atoms with E-state index in [1.807, 2.05) is 6.07 Å². The van der Waals surface area contributed by atoms with Crippen LogP contribution in [0.15, 0.2) is 39.0 Å². The molecule has 0 bridgehead atoms. The summed E-state index contributed by atoms with van der Waals surface area (Å²) in [5, 5.41) is 0. The van der Waals surface area contributed by atoms with E-state index < -0.39 is 0 Å². The third kappa shape index (κ3) is 1.81. The molecule has 0 fully saturated rings. The molecule has 2 aromatic heterocycles. The standard InChI is InChI=1S/C13H12N4O2/c1-16-11-10(5-7-15-11)12(18)17(13(16)19)8-9-4-2-3-6-14-9/h2-4,6-7H,5,8H2,1H3. The van der Waals surface area contributed by atoms with Gasteiger partial charge in [0.2, 0.25) is 0 Å². The van der Waals surface area contributed by atoms with Crippen molar-refractivity contribution in [2.24, 2.45) is 12.0 Å². The Hall–Kier alpha value is -2.50. The lowest BCUT2D eigenvalue weighted by molar-refractivity contribution is 0.628. The smallest absolute Gasteiger partial charge is 0.281 e. The fourth-order valence-electron chi connectivity index (χ4n) is 2.18. The average molecular weight is 256 g/mol. The van der Waals surface area contributed by atoms with Gasteiger partial charge in [0.05, 0.1) is 17.8 Å². The molecule has 1 aliphatic rings. The van der Waals surface area contributed by atoms with E-state index in [0.717, 1.165) is 0 Å². The Kier molecular flexibility index (Phi) is 2.63. The predicted molar refractivity (Wildman–Crippen MR) is 71.1 cm³/mol. The number of hydrogen-bond acceptors (Lipinski definition) is 4. The van der Waals surface area contributed by atoms with Gasteiger partial charge in [0.1, 0.15) is 5.82 Å². The number of pyridine rings is 1. The zero-order valence-corrected chi connectivity index (χ0v) is 10.4. The van der Waals surface area contributed by atoms with Gasteiger partial charge < -0.3 is 0 Å². The number of aromatic nitrogens is 3. The topological polar surface area (TPSA) is 69.2 Å². The minimum Gasteiger partial charge on any atom is -0.281 e. The Morgan fingerprint density at radius 3 is 2.89 bits per heavy atom. The van der Waals surface area contributed by atoms with Crippen molar-refractivity contribution in [1.82, 2.24) is 14.1 Å². The van der Waals surface area contributed by atoms with Gasteiger partial charge in [-0.1, -0.05) is 6.07 Å². The van der Waals surface area contributed by atoms with Gasteiger partial charge in [-0.2, -0.15) is 0 Å². The van der Waals surface area contributed by atoms with E-state index in [2.05, 4.69) is 9.98 Å². The zero-order valence-electron chi connectivity index (χ0n) is 10.4. The fourth-order valence-corrected chi connectivity index (χ4v) is 2.18. The lowest BCUT2D eigenvalue weighted by Gasteiger charge is -2.10. The van der Waals surface area contributed by atoms with Crippen LogP contribution in [0, 0.1) is 0 Å². The maximum atomic E-state index is 12.3. The Bertz CT molecular complexity index is 772. The summed E-state index contributed by atoms with van der Waals surface area (Å²) in [5.41, 5.74) is 0.605. The molecule has 0 aliphatic carbocycles. The second kappa shape index (κ2) is 4.31. The zero-order chi connectivity index (χ0) is 13.4. The Balaban J connectivity index is 2.16. The van der Waals surface area contributed by atoms with Crippen LogP contribution in [0.3, 0.4) is 0 Å². The largest absolute Gasteiger partial charge is 0.332 e. The average Bonchev–Trinajstić information content (AvgIpc) is 2.92. The van der Waals surface area contributed by atoms with Crippen LogP contribution >= 0.6 is 0 Å². The summed E-state index contributed by atoms with van der Waals surface area (Å²) in [6.07, 6.45) is 3.77. The quantitative estimate of drug-likeness (QED) is 0.773. The van der Waals surface area contributed by atoms with E-state index in [9.17, 15) is 9.59 Å². The highest BCUT2D eigenvalue weighted by molar-refractivity contribution is 5.73. The van der Waals surface area contributed by atoms with Gasteiger partial charge in [0.25, 0.3) is 5.56 Å².